The normalized spacial score (nSPS) is 20.4. The quantitative estimate of drug-likeness (QED) is 0.839. The first kappa shape index (κ1) is 13.6. The van der Waals surface area contributed by atoms with Crippen LogP contribution in [0.5, 0.6) is 0 Å². The third-order valence-corrected chi connectivity index (χ3v) is 8.00. The lowest BCUT2D eigenvalue weighted by atomic mass is 10.0. The Morgan fingerprint density at radius 1 is 1.37 bits per heavy atom. The van der Waals surface area contributed by atoms with Crippen LogP contribution in [0.4, 0.5) is 0 Å². The Hall–Kier alpha value is -0.400. The second kappa shape index (κ2) is 4.86. The van der Waals surface area contributed by atoms with Crippen molar-refractivity contribution in [2.75, 3.05) is 6.54 Å². The Labute approximate surface area is 125 Å². The van der Waals surface area contributed by atoms with E-state index in [0.717, 1.165) is 23.3 Å². The SMILES string of the molecule is C[C@H]1c2ccsc2CCN1S(=O)(=O)c1ccc(Cl)s1. The van der Waals surface area contributed by atoms with Gasteiger partial charge in [0.2, 0.25) is 0 Å². The summed E-state index contributed by atoms with van der Waals surface area (Å²) in [6, 6.07) is 5.12. The van der Waals surface area contributed by atoms with Crippen LogP contribution in [0.1, 0.15) is 23.4 Å². The molecular weight excluding hydrogens is 322 g/mol. The van der Waals surface area contributed by atoms with Crippen molar-refractivity contribution in [2.45, 2.75) is 23.6 Å². The number of hydrogen-bond acceptors (Lipinski definition) is 4. The molecule has 0 N–H and O–H groups in total. The zero-order chi connectivity index (χ0) is 13.6. The Morgan fingerprint density at radius 2 is 2.16 bits per heavy atom. The first-order valence-corrected chi connectivity index (χ1v) is 9.35. The van der Waals surface area contributed by atoms with Crippen LogP contribution in [0.3, 0.4) is 0 Å². The Balaban J connectivity index is 2.00. The van der Waals surface area contributed by atoms with E-state index in [2.05, 4.69) is 0 Å². The molecule has 0 aliphatic carbocycles. The van der Waals surface area contributed by atoms with Crippen LogP contribution in [0.25, 0.3) is 0 Å². The number of fused-ring (bicyclic) bond motifs is 1. The van der Waals surface area contributed by atoms with Crippen LogP contribution < -0.4 is 0 Å². The fourth-order valence-electron chi connectivity index (χ4n) is 2.37. The summed E-state index contributed by atoms with van der Waals surface area (Å²) in [6.45, 7) is 2.48. The van der Waals surface area contributed by atoms with E-state index >= 15 is 0 Å². The maximum atomic E-state index is 12.6. The lowest BCUT2D eigenvalue weighted by Gasteiger charge is -2.32. The monoisotopic (exact) mass is 333 g/mol. The highest BCUT2D eigenvalue weighted by molar-refractivity contribution is 7.91. The standard InChI is InChI=1S/C12H12ClNO2S3/c1-8-9-5-7-17-10(9)4-6-14(8)19(15,16)12-3-2-11(13)18-12/h2-3,5,7-8H,4,6H2,1H3/t8-/m0/s1. The van der Waals surface area contributed by atoms with Crippen LogP contribution in [-0.4, -0.2) is 19.3 Å². The number of sulfonamides is 1. The molecule has 0 fully saturated rings. The second-order valence-corrected chi connectivity index (χ2v) is 9.23. The number of nitrogens with zero attached hydrogens (tertiary/aromatic N) is 1. The van der Waals surface area contributed by atoms with E-state index < -0.39 is 10.0 Å². The third-order valence-electron chi connectivity index (χ3n) is 3.33. The summed E-state index contributed by atoms with van der Waals surface area (Å²) in [7, 11) is -3.44. The van der Waals surface area contributed by atoms with E-state index in [1.165, 1.54) is 4.88 Å². The molecule has 0 radical (unpaired) electrons. The molecule has 1 aliphatic rings. The Kier molecular flexibility index (Phi) is 3.47. The summed E-state index contributed by atoms with van der Waals surface area (Å²) in [5.74, 6) is 0. The second-order valence-electron chi connectivity index (χ2n) is 4.40. The molecule has 0 spiro atoms. The van der Waals surface area contributed by atoms with Gasteiger partial charge in [0.15, 0.2) is 0 Å². The van der Waals surface area contributed by atoms with Gasteiger partial charge in [-0.2, -0.15) is 4.31 Å². The summed E-state index contributed by atoms with van der Waals surface area (Å²) in [4.78, 5) is 1.29. The molecule has 0 amide bonds. The van der Waals surface area contributed by atoms with E-state index in [-0.39, 0.29) is 6.04 Å². The molecule has 2 aromatic rings. The van der Waals surface area contributed by atoms with Gasteiger partial charge in [-0.05, 0) is 42.5 Å². The topological polar surface area (TPSA) is 37.4 Å². The fraction of sp³-hybridized carbons (Fsp3) is 0.333. The zero-order valence-corrected chi connectivity index (χ0v) is 13.4. The molecule has 0 saturated heterocycles. The molecule has 102 valence electrons. The van der Waals surface area contributed by atoms with Crippen molar-refractivity contribution in [3.8, 4) is 0 Å². The van der Waals surface area contributed by atoms with Crippen LogP contribution in [-0.2, 0) is 16.4 Å². The lowest BCUT2D eigenvalue weighted by Crippen LogP contribution is -2.37. The van der Waals surface area contributed by atoms with Gasteiger partial charge in [-0.15, -0.1) is 22.7 Å². The Morgan fingerprint density at radius 3 is 2.84 bits per heavy atom. The minimum Gasteiger partial charge on any atom is -0.206 e. The highest BCUT2D eigenvalue weighted by atomic mass is 35.5. The maximum absolute atomic E-state index is 12.6. The van der Waals surface area contributed by atoms with Gasteiger partial charge in [-0.3, -0.25) is 0 Å². The van der Waals surface area contributed by atoms with Gasteiger partial charge >= 0.3 is 0 Å². The molecular formula is C12H12ClNO2S3. The predicted molar refractivity (Wildman–Crippen MR) is 79.7 cm³/mol. The molecule has 0 bridgehead atoms. The average molecular weight is 334 g/mol. The molecule has 3 heterocycles. The summed E-state index contributed by atoms with van der Waals surface area (Å²) >= 11 is 8.66. The van der Waals surface area contributed by atoms with Gasteiger partial charge in [-0.1, -0.05) is 11.6 Å². The average Bonchev–Trinajstić information content (AvgIpc) is 2.97. The van der Waals surface area contributed by atoms with E-state index in [1.54, 1.807) is 27.8 Å². The van der Waals surface area contributed by atoms with Crippen LogP contribution >= 0.6 is 34.3 Å². The first-order chi connectivity index (χ1) is 9.00. The predicted octanol–water partition coefficient (Wildman–Crippen LogP) is 3.77. The van der Waals surface area contributed by atoms with Crippen molar-refractivity contribution in [2.24, 2.45) is 0 Å². The van der Waals surface area contributed by atoms with E-state index in [9.17, 15) is 8.42 Å². The maximum Gasteiger partial charge on any atom is 0.253 e. The first-order valence-electron chi connectivity index (χ1n) is 5.83. The van der Waals surface area contributed by atoms with Gasteiger partial charge in [-0.25, -0.2) is 8.42 Å². The van der Waals surface area contributed by atoms with Crippen molar-refractivity contribution < 1.29 is 8.42 Å². The molecule has 3 rings (SSSR count). The van der Waals surface area contributed by atoms with E-state index in [4.69, 9.17) is 11.6 Å². The summed E-state index contributed by atoms with van der Waals surface area (Å²) < 4.78 is 27.6. The smallest absolute Gasteiger partial charge is 0.206 e. The Bertz CT molecular complexity index is 704. The number of halogens is 1. The molecule has 0 aromatic carbocycles. The van der Waals surface area contributed by atoms with Crippen molar-refractivity contribution in [3.63, 3.8) is 0 Å². The van der Waals surface area contributed by atoms with Crippen molar-refractivity contribution in [3.05, 3.63) is 38.4 Å². The summed E-state index contributed by atoms with van der Waals surface area (Å²) in [6.07, 6.45) is 0.787. The van der Waals surface area contributed by atoms with Crippen LogP contribution in [0.2, 0.25) is 4.34 Å². The highest BCUT2D eigenvalue weighted by Crippen LogP contribution is 2.38. The molecule has 2 aromatic heterocycles. The zero-order valence-electron chi connectivity index (χ0n) is 10.2. The van der Waals surface area contributed by atoms with Crippen molar-refractivity contribution in [1.29, 1.82) is 0 Å². The van der Waals surface area contributed by atoms with E-state index in [0.29, 0.717) is 15.1 Å². The summed E-state index contributed by atoms with van der Waals surface area (Å²) in [5.41, 5.74) is 1.13. The van der Waals surface area contributed by atoms with Gasteiger partial charge in [0, 0.05) is 17.5 Å². The number of hydrogen-bond donors (Lipinski definition) is 0. The minimum atomic E-state index is -3.44. The molecule has 0 saturated carbocycles. The molecule has 19 heavy (non-hydrogen) atoms. The van der Waals surface area contributed by atoms with Gasteiger partial charge in [0.25, 0.3) is 10.0 Å². The van der Waals surface area contributed by atoms with Crippen molar-refractivity contribution in [1.82, 2.24) is 4.31 Å². The number of thiophene rings is 2. The van der Waals surface area contributed by atoms with Gasteiger partial charge < -0.3 is 0 Å². The van der Waals surface area contributed by atoms with Crippen LogP contribution in [0, 0.1) is 0 Å². The van der Waals surface area contributed by atoms with Crippen molar-refractivity contribution >= 4 is 44.3 Å². The molecule has 1 atom stereocenters. The largest absolute Gasteiger partial charge is 0.253 e. The molecule has 7 heteroatoms. The van der Waals surface area contributed by atoms with Crippen LogP contribution in [0.15, 0.2) is 27.8 Å². The molecule has 1 aliphatic heterocycles. The van der Waals surface area contributed by atoms with E-state index in [1.807, 2.05) is 18.4 Å². The lowest BCUT2D eigenvalue weighted by molar-refractivity contribution is 0.330. The van der Waals surface area contributed by atoms with Gasteiger partial charge in [0.1, 0.15) is 4.21 Å². The summed E-state index contributed by atoms with van der Waals surface area (Å²) in [5, 5.41) is 2.03. The molecule has 0 unspecified atom stereocenters. The third kappa shape index (κ3) is 2.25. The fourth-order valence-corrected chi connectivity index (χ4v) is 6.55. The highest BCUT2D eigenvalue weighted by Gasteiger charge is 2.35. The minimum absolute atomic E-state index is 0.110. The molecule has 3 nitrogen and oxygen atoms in total. The number of rotatable bonds is 2. The van der Waals surface area contributed by atoms with Gasteiger partial charge in [0.05, 0.1) is 4.34 Å².